The lowest BCUT2D eigenvalue weighted by atomic mass is 9.63. The number of esters is 2. The zero-order valence-electron chi connectivity index (χ0n) is 20.9. The second-order valence-electron chi connectivity index (χ2n) is 12.6. The molecule has 4 heteroatoms. The first kappa shape index (κ1) is 23.1. The molecule has 0 spiro atoms. The van der Waals surface area contributed by atoms with E-state index in [4.69, 9.17) is 9.47 Å². The fourth-order valence-corrected chi connectivity index (χ4v) is 9.57. The smallest absolute Gasteiger partial charge is 0.306 e. The lowest BCUT2D eigenvalue weighted by Gasteiger charge is -2.42. The van der Waals surface area contributed by atoms with Crippen molar-refractivity contribution in [3.05, 3.63) is 12.2 Å². The molecule has 5 saturated carbocycles. The summed E-state index contributed by atoms with van der Waals surface area (Å²) in [5, 5.41) is 0. The Bertz CT molecular complexity index is 715. The molecule has 188 valence electrons. The topological polar surface area (TPSA) is 52.6 Å². The van der Waals surface area contributed by atoms with Crippen LogP contribution in [0.1, 0.15) is 103 Å². The average Bonchev–Trinajstić information content (AvgIpc) is 3.62. The molecule has 0 heterocycles. The quantitative estimate of drug-likeness (QED) is 0.228. The van der Waals surface area contributed by atoms with Crippen molar-refractivity contribution in [1.29, 1.82) is 0 Å². The third kappa shape index (κ3) is 4.48. The Morgan fingerprint density at radius 1 is 0.618 bits per heavy atom. The zero-order valence-corrected chi connectivity index (χ0v) is 20.9. The van der Waals surface area contributed by atoms with Crippen molar-refractivity contribution in [3.63, 3.8) is 0 Å². The van der Waals surface area contributed by atoms with Crippen molar-refractivity contribution in [2.75, 3.05) is 0 Å². The summed E-state index contributed by atoms with van der Waals surface area (Å²) in [4.78, 5) is 25.4. The molecule has 0 aromatic carbocycles. The van der Waals surface area contributed by atoms with Crippen LogP contribution in [-0.2, 0) is 19.1 Å². The fourth-order valence-electron chi connectivity index (χ4n) is 9.57. The number of hydrogen-bond acceptors (Lipinski definition) is 4. The van der Waals surface area contributed by atoms with E-state index in [-0.39, 0.29) is 24.1 Å². The first-order chi connectivity index (χ1) is 16.7. The molecule has 0 amide bonds. The number of rotatable bonds is 8. The van der Waals surface area contributed by atoms with Crippen LogP contribution in [0.3, 0.4) is 0 Å². The summed E-state index contributed by atoms with van der Waals surface area (Å²) in [5.74, 6) is 5.94. The monoisotopic (exact) mass is 468 g/mol. The summed E-state index contributed by atoms with van der Waals surface area (Å²) in [6.45, 7) is 0. The van der Waals surface area contributed by atoms with E-state index >= 15 is 0 Å². The molecular weight excluding hydrogens is 424 g/mol. The van der Waals surface area contributed by atoms with Gasteiger partial charge in [0.1, 0.15) is 12.2 Å². The van der Waals surface area contributed by atoms with Crippen molar-refractivity contribution >= 4 is 11.9 Å². The van der Waals surface area contributed by atoms with E-state index < -0.39 is 0 Å². The van der Waals surface area contributed by atoms with Gasteiger partial charge in [-0.3, -0.25) is 9.59 Å². The van der Waals surface area contributed by atoms with Gasteiger partial charge in [0.2, 0.25) is 0 Å². The third-order valence-electron chi connectivity index (χ3n) is 10.8. The van der Waals surface area contributed by atoms with Gasteiger partial charge in [-0.2, -0.15) is 0 Å². The Hall–Kier alpha value is -1.32. The standard InChI is InChI=1S/C30H44O4/c31-27(33-21-7-3-1-4-8-21)15-13-23-24(14-16-28(32)34-22-9-5-2-6-10-22)26-18-25(23)29-19-11-12-20(17-19)30(26)29/h11-12,19-26,29-30H,1-10,13-18H2. The van der Waals surface area contributed by atoms with E-state index in [0.29, 0.717) is 24.7 Å². The summed E-state index contributed by atoms with van der Waals surface area (Å²) in [6, 6.07) is 0. The first-order valence-electron chi connectivity index (χ1n) is 14.7. The maximum atomic E-state index is 12.7. The summed E-state index contributed by atoms with van der Waals surface area (Å²) < 4.78 is 11.7. The van der Waals surface area contributed by atoms with E-state index in [1.54, 1.807) is 0 Å². The summed E-state index contributed by atoms with van der Waals surface area (Å²) in [7, 11) is 0. The van der Waals surface area contributed by atoms with Crippen LogP contribution >= 0.6 is 0 Å². The number of carbonyl (C=O) groups is 2. The van der Waals surface area contributed by atoms with Crippen LogP contribution in [0.15, 0.2) is 12.2 Å². The molecule has 34 heavy (non-hydrogen) atoms. The van der Waals surface area contributed by atoms with Crippen molar-refractivity contribution < 1.29 is 19.1 Å². The minimum Gasteiger partial charge on any atom is -0.462 e. The highest BCUT2D eigenvalue weighted by molar-refractivity contribution is 5.70. The van der Waals surface area contributed by atoms with Gasteiger partial charge in [-0.05, 0) is 124 Å². The molecule has 4 bridgehead atoms. The highest BCUT2D eigenvalue weighted by Crippen LogP contribution is 2.69. The molecule has 8 atom stereocenters. The van der Waals surface area contributed by atoms with Crippen LogP contribution in [0.5, 0.6) is 0 Å². The molecule has 6 rings (SSSR count). The van der Waals surface area contributed by atoms with E-state index in [2.05, 4.69) is 12.2 Å². The predicted octanol–water partition coefficient (Wildman–Crippen LogP) is 6.62. The van der Waals surface area contributed by atoms with Crippen molar-refractivity contribution in [1.82, 2.24) is 0 Å². The van der Waals surface area contributed by atoms with Crippen LogP contribution in [-0.4, -0.2) is 24.1 Å². The number of ether oxygens (including phenoxy) is 2. The molecule has 0 saturated heterocycles. The van der Waals surface area contributed by atoms with Gasteiger partial charge in [0.15, 0.2) is 0 Å². The Balaban J connectivity index is 1.07. The van der Waals surface area contributed by atoms with E-state index in [1.165, 1.54) is 51.4 Å². The van der Waals surface area contributed by atoms with Gasteiger partial charge in [-0.15, -0.1) is 0 Å². The van der Waals surface area contributed by atoms with Gasteiger partial charge in [0.25, 0.3) is 0 Å². The highest BCUT2D eigenvalue weighted by Gasteiger charge is 2.63. The van der Waals surface area contributed by atoms with Gasteiger partial charge < -0.3 is 9.47 Å². The number of allylic oxidation sites excluding steroid dienone is 2. The average molecular weight is 469 g/mol. The molecule has 0 aromatic rings. The number of carbonyl (C=O) groups excluding carboxylic acids is 2. The van der Waals surface area contributed by atoms with Gasteiger partial charge in [-0.1, -0.05) is 25.0 Å². The first-order valence-corrected chi connectivity index (χ1v) is 14.7. The SMILES string of the molecule is O=C(CCC1C(CCC(=O)OC2CCCCC2)C2CC1C1C3C=CC(C3)C21)OC1CCCCC1. The lowest BCUT2D eigenvalue weighted by Crippen LogP contribution is -2.37. The lowest BCUT2D eigenvalue weighted by molar-refractivity contribution is -0.152. The molecular formula is C30H44O4. The van der Waals surface area contributed by atoms with Crippen LogP contribution in [0.2, 0.25) is 0 Å². The molecule has 0 aliphatic heterocycles. The maximum absolute atomic E-state index is 12.7. The normalized spacial score (nSPS) is 41.1. The summed E-state index contributed by atoms with van der Waals surface area (Å²) >= 11 is 0. The molecule has 4 nitrogen and oxygen atoms in total. The predicted molar refractivity (Wildman–Crippen MR) is 131 cm³/mol. The Kier molecular flexibility index (Phi) is 6.78. The Labute approximate surface area is 205 Å². The maximum Gasteiger partial charge on any atom is 0.306 e. The Morgan fingerprint density at radius 3 is 1.50 bits per heavy atom. The van der Waals surface area contributed by atoms with Gasteiger partial charge in [-0.25, -0.2) is 0 Å². The van der Waals surface area contributed by atoms with Crippen LogP contribution < -0.4 is 0 Å². The second kappa shape index (κ2) is 9.97. The summed E-state index contributed by atoms with van der Waals surface area (Å²) in [6.07, 6.45) is 22.6. The zero-order chi connectivity index (χ0) is 23.1. The number of hydrogen-bond donors (Lipinski definition) is 0. The molecule has 6 aliphatic rings. The molecule has 0 aromatic heterocycles. The van der Waals surface area contributed by atoms with Gasteiger partial charge in [0, 0.05) is 12.8 Å². The Morgan fingerprint density at radius 2 is 1.06 bits per heavy atom. The van der Waals surface area contributed by atoms with Gasteiger partial charge in [0.05, 0.1) is 0 Å². The largest absolute Gasteiger partial charge is 0.462 e. The minimum absolute atomic E-state index is 0.0227. The highest BCUT2D eigenvalue weighted by atomic mass is 16.5. The number of fused-ring (bicyclic) bond motifs is 9. The molecule has 5 fully saturated rings. The van der Waals surface area contributed by atoms with Crippen LogP contribution in [0.4, 0.5) is 0 Å². The molecule has 6 aliphatic carbocycles. The molecule has 8 unspecified atom stereocenters. The second-order valence-corrected chi connectivity index (χ2v) is 12.6. The molecule has 0 N–H and O–H groups in total. The minimum atomic E-state index is 0.0227. The van der Waals surface area contributed by atoms with Crippen LogP contribution in [0, 0.1) is 47.3 Å². The van der Waals surface area contributed by atoms with Crippen molar-refractivity contribution in [2.24, 2.45) is 47.3 Å². The van der Waals surface area contributed by atoms with E-state index in [0.717, 1.165) is 74.0 Å². The third-order valence-corrected chi connectivity index (χ3v) is 10.8. The fraction of sp³-hybridized carbons (Fsp3) is 0.867. The van der Waals surface area contributed by atoms with Gasteiger partial charge >= 0.3 is 11.9 Å². The van der Waals surface area contributed by atoms with E-state index in [1.807, 2.05) is 0 Å². The summed E-state index contributed by atoms with van der Waals surface area (Å²) in [5.41, 5.74) is 0. The van der Waals surface area contributed by atoms with Crippen molar-refractivity contribution in [2.45, 2.75) is 115 Å². The van der Waals surface area contributed by atoms with Crippen molar-refractivity contribution in [3.8, 4) is 0 Å². The molecule has 0 radical (unpaired) electrons. The van der Waals surface area contributed by atoms with E-state index in [9.17, 15) is 9.59 Å². The van der Waals surface area contributed by atoms with Crippen LogP contribution in [0.25, 0.3) is 0 Å².